The van der Waals surface area contributed by atoms with E-state index in [-0.39, 0.29) is 5.41 Å². The van der Waals surface area contributed by atoms with Gasteiger partial charge in [-0.25, -0.2) is 0 Å². The zero-order chi connectivity index (χ0) is 44.0. The molecule has 0 saturated heterocycles. The summed E-state index contributed by atoms with van der Waals surface area (Å²) < 4.78 is 0. The second-order valence-corrected chi connectivity index (χ2v) is 18.4. The highest BCUT2D eigenvalue weighted by molar-refractivity contribution is 5.99. The van der Waals surface area contributed by atoms with Crippen molar-refractivity contribution in [2.45, 2.75) is 24.7 Å². The Morgan fingerprint density at radius 3 is 1.42 bits per heavy atom. The second-order valence-electron chi connectivity index (χ2n) is 18.4. The van der Waals surface area contributed by atoms with E-state index in [9.17, 15) is 0 Å². The Hall–Kier alpha value is -8.20. The van der Waals surface area contributed by atoms with Crippen LogP contribution in [0.1, 0.15) is 47.2 Å². The zero-order valence-corrected chi connectivity index (χ0v) is 37.0. The molecule has 2 heteroatoms. The molecule has 2 nitrogen and oxygen atoms in total. The van der Waals surface area contributed by atoms with E-state index in [1.807, 2.05) is 0 Å². The van der Waals surface area contributed by atoms with Crippen LogP contribution in [0.3, 0.4) is 0 Å². The third-order valence-electron chi connectivity index (χ3n) is 14.7. The van der Waals surface area contributed by atoms with Gasteiger partial charge in [0.2, 0.25) is 0 Å². The molecule has 312 valence electrons. The van der Waals surface area contributed by atoms with Gasteiger partial charge in [-0.2, -0.15) is 0 Å². The van der Waals surface area contributed by atoms with E-state index < -0.39 is 5.41 Å². The quantitative estimate of drug-likeness (QED) is 0.165. The molecule has 2 aliphatic carbocycles. The number of hydrogen-bond donors (Lipinski definition) is 0. The highest BCUT2D eigenvalue weighted by Gasteiger charge is 2.52. The standard InChI is InChI=1S/C64H46N2/c1-63(2)55-26-11-9-22-51(55)53-41-40-49(42-59(53)63)65(47-36-32-44(33-37-47)43-18-5-3-6-19-43)48-38-34-45(35-39-48)50-24-17-25-54-52-23-10-12-27-56(52)64(62(50)54)57-28-13-15-30-60(57)66(46-20-7-4-8-21-46)61-31-16-14-29-58(61)64/h3-42H,1-2H3. The molecule has 0 atom stereocenters. The molecule has 0 amide bonds. The maximum Gasteiger partial charge on any atom is 0.0760 e. The fourth-order valence-electron chi connectivity index (χ4n) is 11.8. The Kier molecular flexibility index (Phi) is 8.51. The Bertz CT molecular complexity index is 3450. The van der Waals surface area contributed by atoms with E-state index >= 15 is 0 Å². The molecule has 3 aliphatic rings. The van der Waals surface area contributed by atoms with Crippen molar-refractivity contribution in [3.8, 4) is 44.5 Å². The highest BCUT2D eigenvalue weighted by Crippen LogP contribution is 2.65. The first-order valence-electron chi connectivity index (χ1n) is 23.1. The molecule has 1 aliphatic heterocycles. The zero-order valence-electron chi connectivity index (χ0n) is 37.0. The van der Waals surface area contributed by atoms with Gasteiger partial charge in [0.05, 0.1) is 16.8 Å². The van der Waals surface area contributed by atoms with Gasteiger partial charge in [0.25, 0.3) is 0 Å². The molecule has 66 heavy (non-hydrogen) atoms. The van der Waals surface area contributed by atoms with Gasteiger partial charge in [0.15, 0.2) is 0 Å². The Morgan fingerprint density at radius 2 is 0.773 bits per heavy atom. The maximum absolute atomic E-state index is 2.45. The van der Waals surface area contributed by atoms with Crippen LogP contribution in [-0.4, -0.2) is 0 Å². The molecule has 0 saturated carbocycles. The minimum absolute atomic E-state index is 0.121. The van der Waals surface area contributed by atoms with E-state index in [1.54, 1.807) is 0 Å². The van der Waals surface area contributed by atoms with Gasteiger partial charge in [-0.1, -0.05) is 196 Å². The van der Waals surface area contributed by atoms with Crippen molar-refractivity contribution in [1.29, 1.82) is 0 Å². The van der Waals surface area contributed by atoms with Crippen LogP contribution in [0.5, 0.6) is 0 Å². The Labute approximate surface area is 387 Å². The molecule has 0 aromatic heterocycles. The fourth-order valence-corrected chi connectivity index (χ4v) is 11.8. The average Bonchev–Trinajstić information content (AvgIpc) is 3.80. The third kappa shape index (κ3) is 5.48. The van der Waals surface area contributed by atoms with Gasteiger partial charge in [-0.3, -0.25) is 0 Å². The average molecular weight is 843 g/mol. The second kappa shape index (κ2) is 14.7. The number of fused-ring (bicyclic) bond motifs is 12. The maximum atomic E-state index is 2.45. The smallest absolute Gasteiger partial charge is 0.0760 e. The lowest BCUT2D eigenvalue weighted by atomic mass is 9.63. The van der Waals surface area contributed by atoms with Gasteiger partial charge < -0.3 is 9.80 Å². The molecule has 1 heterocycles. The molecule has 0 bridgehead atoms. The molecule has 0 fully saturated rings. The Balaban J connectivity index is 0.985. The first kappa shape index (κ1) is 38.3. The van der Waals surface area contributed by atoms with Crippen molar-refractivity contribution in [3.63, 3.8) is 0 Å². The van der Waals surface area contributed by atoms with Crippen LogP contribution >= 0.6 is 0 Å². The van der Waals surface area contributed by atoms with Crippen LogP contribution in [0.2, 0.25) is 0 Å². The summed E-state index contributed by atoms with van der Waals surface area (Å²) in [5, 5.41) is 0. The summed E-state index contributed by atoms with van der Waals surface area (Å²) in [6.45, 7) is 4.72. The van der Waals surface area contributed by atoms with E-state index in [4.69, 9.17) is 0 Å². The van der Waals surface area contributed by atoms with Gasteiger partial charge >= 0.3 is 0 Å². The van der Waals surface area contributed by atoms with Crippen molar-refractivity contribution in [2.75, 3.05) is 9.80 Å². The third-order valence-corrected chi connectivity index (χ3v) is 14.7. The molecular weight excluding hydrogens is 797 g/mol. The van der Waals surface area contributed by atoms with Crippen LogP contribution in [0.4, 0.5) is 34.1 Å². The van der Waals surface area contributed by atoms with Crippen LogP contribution < -0.4 is 9.80 Å². The summed E-state index contributed by atoms with van der Waals surface area (Å²) in [6.07, 6.45) is 0. The summed E-state index contributed by atoms with van der Waals surface area (Å²) in [5.74, 6) is 0. The Morgan fingerprint density at radius 1 is 0.318 bits per heavy atom. The normalized spacial score (nSPS) is 14.1. The molecule has 10 aromatic rings. The summed E-state index contributed by atoms with van der Waals surface area (Å²) in [5.41, 5.74) is 24.3. The number of hydrogen-bond acceptors (Lipinski definition) is 2. The largest absolute Gasteiger partial charge is 0.310 e. The van der Waals surface area contributed by atoms with Crippen LogP contribution in [0.25, 0.3) is 44.5 Å². The monoisotopic (exact) mass is 842 g/mol. The number of anilines is 6. The van der Waals surface area contributed by atoms with Crippen molar-refractivity contribution < 1.29 is 0 Å². The lowest BCUT2D eigenvalue weighted by Gasteiger charge is -2.45. The lowest BCUT2D eigenvalue weighted by molar-refractivity contribution is 0.660. The lowest BCUT2D eigenvalue weighted by Crippen LogP contribution is -2.36. The molecular formula is C64H46N2. The molecule has 13 rings (SSSR count). The predicted octanol–water partition coefficient (Wildman–Crippen LogP) is 16.9. The van der Waals surface area contributed by atoms with E-state index in [0.29, 0.717) is 0 Å². The summed E-state index contributed by atoms with van der Waals surface area (Å²) in [6, 6.07) is 90.0. The van der Waals surface area contributed by atoms with Gasteiger partial charge in [-0.05, 0) is 139 Å². The van der Waals surface area contributed by atoms with Crippen molar-refractivity contribution >= 4 is 34.1 Å². The molecule has 10 aromatic carbocycles. The first-order valence-corrected chi connectivity index (χ1v) is 23.1. The van der Waals surface area contributed by atoms with Gasteiger partial charge in [0, 0.05) is 28.2 Å². The predicted molar refractivity (Wildman–Crippen MR) is 275 cm³/mol. The van der Waals surface area contributed by atoms with Crippen LogP contribution in [-0.2, 0) is 10.8 Å². The van der Waals surface area contributed by atoms with Crippen molar-refractivity contribution in [1.82, 2.24) is 0 Å². The van der Waals surface area contributed by atoms with Crippen molar-refractivity contribution in [2.24, 2.45) is 0 Å². The number of para-hydroxylation sites is 3. The topological polar surface area (TPSA) is 6.48 Å². The van der Waals surface area contributed by atoms with Crippen LogP contribution in [0.15, 0.2) is 243 Å². The minimum atomic E-state index is -0.555. The molecule has 0 radical (unpaired) electrons. The van der Waals surface area contributed by atoms with Gasteiger partial charge in [-0.15, -0.1) is 0 Å². The van der Waals surface area contributed by atoms with Gasteiger partial charge in [0.1, 0.15) is 0 Å². The summed E-state index contributed by atoms with van der Waals surface area (Å²) in [4.78, 5) is 4.88. The minimum Gasteiger partial charge on any atom is -0.310 e. The van der Waals surface area contributed by atoms with E-state index in [1.165, 1.54) is 89.3 Å². The SMILES string of the molecule is CC1(C)c2ccccc2-c2ccc(N(c3ccc(-c4ccccc4)cc3)c3ccc(-c4cccc5c4C4(c6ccccc6-5)c5ccccc5N(c5ccccc5)c5ccccc54)cc3)cc21. The molecule has 0 N–H and O–H groups in total. The highest BCUT2D eigenvalue weighted by atomic mass is 15.2. The number of benzene rings is 10. The molecule has 1 spiro atoms. The van der Waals surface area contributed by atoms with E-state index in [0.717, 1.165) is 22.7 Å². The van der Waals surface area contributed by atoms with E-state index in [2.05, 4.69) is 266 Å². The van der Waals surface area contributed by atoms with Crippen molar-refractivity contribution in [3.05, 3.63) is 276 Å². The first-order chi connectivity index (χ1) is 32.5. The number of nitrogens with zero attached hydrogens (tertiary/aromatic N) is 2. The summed E-state index contributed by atoms with van der Waals surface area (Å²) in [7, 11) is 0. The molecule has 0 unspecified atom stereocenters. The van der Waals surface area contributed by atoms with Crippen LogP contribution in [0, 0.1) is 0 Å². The fraction of sp³-hybridized carbons (Fsp3) is 0.0625. The summed E-state index contributed by atoms with van der Waals surface area (Å²) >= 11 is 0. The number of rotatable bonds is 6.